The molecule has 0 bridgehead atoms. The number of amides is 1. The Bertz CT molecular complexity index is 625. The molecular weight excluding hydrogens is 312 g/mol. The molecule has 4 N–H and O–H groups in total. The van der Waals surface area contributed by atoms with Crippen molar-refractivity contribution in [2.24, 2.45) is 0 Å². The summed E-state index contributed by atoms with van der Waals surface area (Å²) in [4.78, 5) is 16.2. The zero-order chi connectivity index (χ0) is 17.7. The molecule has 2 rings (SSSR count). The van der Waals surface area contributed by atoms with Crippen LogP contribution >= 0.6 is 0 Å². The average Bonchev–Trinajstić information content (AvgIpc) is 2.60. The van der Waals surface area contributed by atoms with Gasteiger partial charge in [0.2, 0.25) is 17.1 Å². The summed E-state index contributed by atoms with van der Waals surface area (Å²) in [5.41, 5.74) is 2.17. The number of carbonyl (C=O) groups is 1. The monoisotopic (exact) mass is 338 g/mol. The third-order valence-corrected chi connectivity index (χ3v) is 4.21. The standard InChI is InChI=1S/C16H25N4O4/c1-4-12(2)20(23)15-13(17-22)6-5-7-14(15)24-16(21)19-10-8-18(3)9-11-19/h5-7,17,22-23H,4,8-11H2,1-3H3/q+1/p+1/b20-12+. The molecule has 1 fully saturated rings. The van der Waals surface area contributed by atoms with E-state index in [0.29, 0.717) is 30.9 Å². The van der Waals surface area contributed by atoms with E-state index in [-0.39, 0.29) is 11.4 Å². The normalized spacial score (nSPS) is 16.8. The second-order valence-corrected chi connectivity index (χ2v) is 5.88. The Hall–Kier alpha value is -2.16. The Kier molecular flexibility index (Phi) is 6.13. The van der Waals surface area contributed by atoms with Gasteiger partial charge in [-0.2, -0.15) is 5.48 Å². The van der Waals surface area contributed by atoms with Crippen LogP contribution in [0.25, 0.3) is 0 Å². The van der Waals surface area contributed by atoms with E-state index >= 15 is 0 Å². The van der Waals surface area contributed by atoms with Gasteiger partial charge < -0.3 is 14.5 Å². The molecule has 24 heavy (non-hydrogen) atoms. The van der Waals surface area contributed by atoms with E-state index in [0.717, 1.165) is 23.3 Å². The fourth-order valence-corrected chi connectivity index (χ4v) is 2.44. The molecule has 0 aliphatic carbocycles. The molecule has 1 aliphatic heterocycles. The maximum Gasteiger partial charge on any atom is 0.415 e. The zero-order valence-electron chi connectivity index (χ0n) is 14.4. The van der Waals surface area contributed by atoms with Gasteiger partial charge in [0.15, 0.2) is 0 Å². The van der Waals surface area contributed by atoms with Crippen molar-refractivity contribution in [2.45, 2.75) is 20.3 Å². The maximum absolute atomic E-state index is 12.4. The molecule has 1 saturated heterocycles. The van der Waals surface area contributed by atoms with Crippen molar-refractivity contribution in [2.75, 3.05) is 33.2 Å². The number of likely N-dealkylation sites (N-methyl/N-ethyl adjacent to an activating group) is 1. The molecule has 1 aromatic rings. The molecule has 0 unspecified atom stereocenters. The van der Waals surface area contributed by atoms with Crippen LogP contribution in [0.1, 0.15) is 20.3 Å². The quantitative estimate of drug-likeness (QED) is 0.250. The molecule has 8 nitrogen and oxygen atoms in total. The van der Waals surface area contributed by atoms with Crippen LogP contribution in [-0.2, 0) is 0 Å². The van der Waals surface area contributed by atoms with Gasteiger partial charge in [0.1, 0.15) is 0 Å². The molecule has 0 aromatic heterocycles. The predicted octanol–water partition coefficient (Wildman–Crippen LogP) is 0.921. The van der Waals surface area contributed by atoms with E-state index in [1.807, 2.05) is 14.0 Å². The second-order valence-electron chi connectivity index (χ2n) is 5.88. The number of nitrogens with two attached hydrogens (primary N) is 1. The van der Waals surface area contributed by atoms with Gasteiger partial charge in [-0.05, 0) is 13.1 Å². The molecule has 0 radical (unpaired) electrons. The minimum atomic E-state index is -0.456. The minimum Gasteiger partial charge on any atom is -0.403 e. The number of para-hydroxylation sites is 1. The number of rotatable bonds is 4. The highest BCUT2D eigenvalue weighted by Gasteiger charge is 2.30. The first-order valence-corrected chi connectivity index (χ1v) is 8.05. The lowest BCUT2D eigenvalue weighted by molar-refractivity contribution is -0.830. The topological polar surface area (TPSA) is 92.9 Å². The first kappa shape index (κ1) is 18.2. The Balaban J connectivity index is 2.28. The smallest absolute Gasteiger partial charge is 0.403 e. The van der Waals surface area contributed by atoms with Gasteiger partial charge in [-0.25, -0.2) is 10.0 Å². The fraction of sp³-hybridized carbons (Fsp3) is 0.500. The number of hydrogen-bond acceptors (Lipinski definition) is 5. The van der Waals surface area contributed by atoms with Crippen LogP contribution in [0.3, 0.4) is 0 Å². The van der Waals surface area contributed by atoms with Crippen molar-refractivity contribution in [3.05, 3.63) is 18.2 Å². The van der Waals surface area contributed by atoms with Crippen molar-refractivity contribution >= 4 is 23.2 Å². The van der Waals surface area contributed by atoms with Gasteiger partial charge in [0.25, 0.3) is 0 Å². The van der Waals surface area contributed by atoms with Crippen LogP contribution in [0, 0.1) is 0 Å². The molecule has 1 amide bonds. The summed E-state index contributed by atoms with van der Waals surface area (Å²) in [5, 5.41) is 19.8. The van der Waals surface area contributed by atoms with Crippen LogP contribution in [0.4, 0.5) is 16.2 Å². The molecular formula is C16H26N4O4+2. The van der Waals surface area contributed by atoms with Crippen LogP contribution in [0.2, 0.25) is 0 Å². The van der Waals surface area contributed by atoms with Crippen molar-refractivity contribution in [1.29, 1.82) is 0 Å². The van der Waals surface area contributed by atoms with Gasteiger partial charge in [-0.15, -0.1) is 0 Å². The van der Waals surface area contributed by atoms with E-state index in [2.05, 4.69) is 4.90 Å². The lowest BCUT2D eigenvalue weighted by Crippen LogP contribution is -2.74. The fourth-order valence-electron chi connectivity index (χ4n) is 2.44. The number of benzene rings is 1. The van der Waals surface area contributed by atoms with Crippen LogP contribution in [0.5, 0.6) is 5.75 Å². The number of carbonyl (C=O) groups excluding carboxylic acids is 1. The van der Waals surface area contributed by atoms with Gasteiger partial charge in [0, 0.05) is 50.3 Å². The van der Waals surface area contributed by atoms with Crippen LogP contribution in [-0.4, -0.2) is 70.0 Å². The van der Waals surface area contributed by atoms with E-state index < -0.39 is 6.09 Å². The van der Waals surface area contributed by atoms with Gasteiger partial charge >= 0.3 is 11.8 Å². The molecule has 8 heteroatoms. The SMILES string of the molecule is CC/C(C)=[N+](/O)c1c([NH2+]O)cccc1OC(=O)N1CCN(C)CC1. The summed E-state index contributed by atoms with van der Waals surface area (Å²) in [6.07, 6.45) is 0.157. The van der Waals surface area contributed by atoms with Crippen LogP contribution in [0.15, 0.2) is 18.2 Å². The first-order chi connectivity index (χ1) is 11.5. The summed E-state index contributed by atoms with van der Waals surface area (Å²) in [5.74, 6) is 0.206. The molecule has 0 spiro atoms. The van der Waals surface area contributed by atoms with Crippen molar-refractivity contribution in [1.82, 2.24) is 9.80 Å². The number of piperazine rings is 1. The lowest BCUT2D eigenvalue weighted by atomic mass is 10.2. The largest absolute Gasteiger partial charge is 0.415 e. The predicted molar refractivity (Wildman–Crippen MR) is 87.6 cm³/mol. The third-order valence-electron chi connectivity index (χ3n) is 4.21. The van der Waals surface area contributed by atoms with Crippen molar-refractivity contribution in [3.63, 3.8) is 0 Å². The summed E-state index contributed by atoms with van der Waals surface area (Å²) in [6, 6.07) is 4.89. The molecule has 1 aliphatic rings. The average molecular weight is 338 g/mol. The summed E-state index contributed by atoms with van der Waals surface area (Å²) >= 11 is 0. The summed E-state index contributed by atoms with van der Waals surface area (Å²) in [6.45, 7) is 6.45. The van der Waals surface area contributed by atoms with Gasteiger partial charge in [0.05, 0.1) is 0 Å². The highest BCUT2D eigenvalue weighted by atomic mass is 16.6. The third kappa shape index (κ3) is 4.02. The molecule has 132 valence electrons. The first-order valence-electron chi connectivity index (χ1n) is 8.05. The minimum absolute atomic E-state index is 0.206. The van der Waals surface area contributed by atoms with E-state index in [1.54, 1.807) is 30.0 Å². The van der Waals surface area contributed by atoms with E-state index in [1.165, 1.54) is 0 Å². The Morgan fingerprint density at radius 3 is 2.58 bits per heavy atom. The Labute approximate surface area is 141 Å². The molecule has 1 heterocycles. The molecule has 1 aromatic carbocycles. The second kappa shape index (κ2) is 8.09. The Morgan fingerprint density at radius 2 is 2.00 bits per heavy atom. The number of hydrogen-bond donors (Lipinski definition) is 3. The van der Waals surface area contributed by atoms with Gasteiger partial charge in [-0.3, -0.25) is 5.21 Å². The van der Waals surface area contributed by atoms with E-state index in [4.69, 9.17) is 4.74 Å². The summed E-state index contributed by atoms with van der Waals surface area (Å²) in [7, 11) is 2.01. The van der Waals surface area contributed by atoms with E-state index in [9.17, 15) is 15.2 Å². The zero-order valence-corrected chi connectivity index (χ0v) is 14.4. The number of ether oxygens (including phenoxy) is 1. The van der Waals surface area contributed by atoms with Crippen LogP contribution < -0.4 is 10.2 Å². The molecule has 0 saturated carbocycles. The number of quaternary nitrogens is 1. The van der Waals surface area contributed by atoms with Crippen molar-refractivity contribution in [3.8, 4) is 5.75 Å². The maximum atomic E-state index is 12.4. The number of nitrogens with zero attached hydrogens (tertiary/aromatic N) is 3. The summed E-state index contributed by atoms with van der Waals surface area (Å²) < 4.78 is 6.45. The lowest BCUT2D eigenvalue weighted by Gasteiger charge is -2.31. The van der Waals surface area contributed by atoms with Gasteiger partial charge in [-0.1, -0.05) is 13.0 Å². The highest BCUT2D eigenvalue weighted by Crippen LogP contribution is 2.32. The van der Waals surface area contributed by atoms with Crippen molar-refractivity contribution < 1.29 is 30.2 Å². The Morgan fingerprint density at radius 1 is 1.33 bits per heavy atom. The highest BCUT2D eigenvalue weighted by molar-refractivity contribution is 5.80. The molecule has 0 atom stereocenters.